The molecular formula is C15H30N2O3. The van der Waals surface area contributed by atoms with Gasteiger partial charge < -0.3 is 20.5 Å². The molecule has 0 aromatic carbocycles. The lowest BCUT2D eigenvalue weighted by Crippen LogP contribution is -2.49. The number of amides is 2. The predicted molar refractivity (Wildman–Crippen MR) is 79.7 cm³/mol. The number of aliphatic hydroxyl groups excluding tert-OH is 1. The van der Waals surface area contributed by atoms with Gasteiger partial charge in [0.1, 0.15) is 0 Å². The first-order valence-electron chi connectivity index (χ1n) is 7.88. The lowest BCUT2D eigenvalue weighted by Gasteiger charge is -2.28. The zero-order valence-corrected chi connectivity index (χ0v) is 13.0. The van der Waals surface area contributed by atoms with E-state index in [1.54, 1.807) is 0 Å². The van der Waals surface area contributed by atoms with Crippen LogP contribution in [0.15, 0.2) is 0 Å². The molecule has 3 unspecified atom stereocenters. The van der Waals surface area contributed by atoms with Gasteiger partial charge in [0.05, 0.1) is 18.2 Å². The van der Waals surface area contributed by atoms with Gasteiger partial charge in [-0.1, -0.05) is 26.7 Å². The van der Waals surface area contributed by atoms with Crippen molar-refractivity contribution in [1.29, 1.82) is 0 Å². The fraction of sp³-hybridized carbons (Fsp3) is 0.933. The highest BCUT2D eigenvalue weighted by Gasteiger charge is 2.24. The van der Waals surface area contributed by atoms with Crippen molar-refractivity contribution in [1.82, 2.24) is 10.6 Å². The summed E-state index contributed by atoms with van der Waals surface area (Å²) in [5.41, 5.74) is 0. The van der Waals surface area contributed by atoms with E-state index in [0.29, 0.717) is 19.1 Å². The first kappa shape index (κ1) is 17.2. The minimum atomic E-state index is -0.402. The molecule has 0 aliphatic heterocycles. The van der Waals surface area contributed by atoms with Crippen molar-refractivity contribution in [2.75, 3.05) is 13.2 Å². The molecule has 0 bridgehead atoms. The normalized spacial score (nSPS) is 24.4. The number of rotatable bonds is 7. The molecule has 0 heterocycles. The van der Waals surface area contributed by atoms with E-state index in [-0.39, 0.29) is 18.2 Å². The number of aliphatic hydroxyl groups is 1. The average molecular weight is 286 g/mol. The van der Waals surface area contributed by atoms with E-state index in [0.717, 1.165) is 32.1 Å². The van der Waals surface area contributed by atoms with Crippen LogP contribution in [0.2, 0.25) is 0 Å². The minimum Gasteiger partial charge on any atom is -0.391 e. The summed E-state index contributed by atoms with van der Waals surface area (Å²) in [6, 6.07) is -0.286. The van der Waals surface area contributed by atoms with Crippen molar-refractivity contribution in [2.45, 2.75) is 71.1 Å². The highest BCUT2D eigenvalue weighted by molar-refractivity contribution is 5.74. The summed E-state index contributed by atoms with van der Waals surface area (Å²) in [6.07, 6.45) is 4.36. The first-order chi connectivity index (χ1) is 9.54. The quantitative estimate of drug-likeness (QED) is 0.671. The average Bonchev–Trinajstić information content (AvgIpc) is 2.40. The van der Waals surface area contributed by atoms with Gasteiger partial charge in [-0.05, 0) is 32.1 Å². The summed E-state index contributed by atoms with van der Waals surface area (Å²) in [7, 11) is 0. The molecule has 3 N–H and O–H groups in total. The summed E-state index contributed by atoms with van der Waals surface area (Å²) in [4.78, 5) is 11.8. The van der Waals surface area contributed by atoms with Gasteiger partial charge in [0, 0.05) is 13.2 Å². The van der Waals surface area contributed by atoms with E-state index in [1.807, 2.05) is 6.92 Å². The molecular weight excluding hydrogens is 256 g/mol. The number of urea groups is 1. The van der Waals surface area contributed by atoms with Gasteiger partial charge in [-0.15, -0.1) is 0 Å². The second-order valence-electron chi connectivity index (χ2n) is 5.89. The Morgan fingerprint density at radius 2 is 2.05 bits per heavy atom. The molecule has 1 aliphatic rings. The lowest BCUT2D eigenvalue weighted by molar-refractivity contribution is 0.0254. The fourth-order valence-corrected chi connectivity index (χ4v) is 2.65. The number of carbonyl (C=O) groups excluding carboxylic acids is 1. The standard InChI is InChI=1S/C15H30N2O3/c1-4-20-14(11(2)3)9-10-16-15(19)17-12-7-5-6-8-13(12)18/h11-14,18H,4-10H2,1-3H3,(H2,16,17,19). The Morgan fingerprint density at radius 1 is 1.35 bits per heavy atom. The van der Waals surface area contributed by atoms with Gasteiger partial charge in [0.2, 0.25) is 0 Å². The van der Waals surface area contributed by atoms with Crippen molar-refractivity contribution in [2.24, 2.45) is 5.92 Å². The van der Waals surface area contributed by atoms with Crippen LogP contribution in [0.3, 0.4) is 0 Å². The fourth-order valence-electron chi connectivity index (χ4n) is 2.65. The van der Waals surface area contributed by atoms with Gasteiger partial charge in [-0.2, -0.15) is 0 Å². The Morgan fingerprint density at radius 3 is 2.65 bits per heavy atom. The summed E-state index contributed by atoms with van der Waals surface area (Å²) in [5.74, 6) is 0.444. The molecule has 5 nitrogen and oxygen atoms in total. The molecule has 0 spiro atoms. The van der Waals surface area contributed by atoms with Crippen LogP contribution in [-0.2, 0) is 4.74 Å². The van der Waals surface area contributed by atoms with Gasteiger partial charge >= 0.3 is 6.03 Å². The smallest absolute Gasteiger partial charge is 0.315 e. The van der Waals surface area contributed by atoms with Gasteiger partial charge in [-0.3, -0.25) is 0 Å². The minimum absolute atomic E-state index is 0.100. The van der Waals surface area contributed by atoms with Crippen LogP contribution in [0.25, 0.3) is 0 Å². The monoisotopic (exact) mass is 286 g/mol. The number of carbonyl (C=O) groups is 1. The molecule has 20 heavy (non-hydrogen) atoms. The van der Waals surface area contributed by atoms with Crippen LogP contribution in [0.1, 0.15) is 52.9 Å². The highest BCUT2D eigenvalue weighted by Crippen LogP contribution is 2.18. The van der Waals surface area contributed by atoms with E-state index in [1.165, 1.54) is 0 Å². The van der Waals surface area contributed by atoms with Crippen LogP contribution in [0, 0.1) is 5.92 Å². The molecule has 0 radical (unpaired) electrons. The Hall–Kier alpha value is -0.810. The van der Waals surface area contributed by atoms with Gasteiger partial charge in [0.15, 0.2) is 0 Å². The summed E-state index contributed by atoms with van der Waals surface area (Å²) in [5, 5.41) is 15.5. The highest BCUT2D eigenvalue weighted by atomic mass is 16.5. The molecule has 5 heteroatoms. The van der Waals surface area contributed by atoms with Crippen LogP contribution >= 0.6 is 0 Å². The largest absolute Gasteiger partial charge is 0.391 e. The second-order valence-corrected chi connectivity index (χ2v) is 5.89. The van der Waals surface area contributed by atoms with Crippen LogP contribution in [0.4, 0.5) is 4.79 Å². The third kappa shape index (κ3) is 6.09. The zero-order chi connectivity index (χ0) is 15.0. The van der Waals surface area contributed by atoms with Crippen molar-refractivity contribution in [3.05, 3.63) is 0 Å². The zero-order valence-electron chi connectivity index (χ0n) is 13.0. The van der Waals surface area contributed by atoms with Gasteiger partial charge in [-0.25, -0.2) is 4.79 Å². The molecule has 0 saturated heterocycles. The third-order valence-electron chi connectivity index (χ3n) is 3.88. The van der Waals surface area contributed by atoms with E-state index < -0.39 is 6.10 Å². The second kappa shape index (κ2) is 9.19. The SMILES string of the molecule is CCOC(CCNC(=O)NC1CCCCC1O)C(C)C. The van der Waals surface area contributed by atoms with Crippen LogP contribution in [-0.4, -0.2) is 42.5 Å². The first-order valence-corrected chi connectivity index (χ1v) is 7.88. The molecule has 3 atom stereocenters. The summed E-state index contributed by atoms with van der Waals surface area (Å²) < 4.78 is 5.64. The van der Waals surface area contributed by atoms with Crippen LogP contribution < -0.4 is 10.6 Å². The number of nitrogens with one attached hydrogen (secondary N) is 2. The Labute approximate surface area is 122 Å². The van der Waals surface area contributed by atoms with Crippen LogP contribution in [0.5, 0.6) is 0 Å². The summed E-state index contributed by atoms with van der Waals surface area (Å²) in [6.45, 7) is 7.53. The van der Waals surface area contributed by atoms with Gasteiger partial charge in [0.25, 0.3) is 0 Å². The summed E-state index contributed by atoms with van der Waals surface area (Å²) >= 11 is 0. The van der Waals surface area contributed by atoms with E-state index in [2.05, 4.69) is 24.5 Å². The van der Waals surface area contributed by atoms with E-state index >= 15 is 0 Å². The third-order valence-corrected chi connectivity index (χ3v) is 3.88. The maximum absolute atomic E-state index is 11.8. The van der Waals surface area contributed by atoms with Crippen molar-refractivity contribution in [3.8, 4) is 0 Å². The molecule has 0 aromatic heterocycles. The molecule has 118 valence electrons. The molecule has 1 saturated carbocycles. The molecule has 1 rings (SSSR count). The lowest BCUT2D eigenvalue weighted by atomic mass is 9.93. The van der Waals surface area contributed by atoms with E-state index in [4.69, 9.17) is 4.74 Å². The molecule has 1 fully saturated rings. The Balaban J connectivity index is 2.21. The Kier molecular flexibility index (Phi) is 7.92. The molecule has 2 amide bonds. The van der Waals surface area contributed by atoms with Crippen molar-refractivity contribution >= 4 is 6.03 Å². The molecule has 0 aromatic rings. The number of hydrogen-bond acceptors (Lipinski definition) is 3. The predicted octanol–water partition coefficient (Wildman–Crippen LogP) is 2.04. The number of hydrogen-bond donors (Lipinski definition) is 3. The topological polar surface area (TPSA) is 70.6 Å². The van der Waals surface area contributed by atoms with E-state index in [9.17, 15) is 9.90 Å². The van der Waals surface area contributed by atoms with Crippen molar-refractivity contribution in [3.63, 3.8) is 0 Å². The number of ether oxygens (including phenoxy) is 1. The maximum Gasteiger partial charge on any atom is 0.315 e. The molecule has 1 aliphatic carbocycles. The maximum atomic E-state index is 11.8. The Bertz CT molecular complexity index is 284. The van der Waals surface area contributed by atoms with Crippen molar-refractivity contribution < 1.29 is 14.6 Å².